The predicted molar refractivity (Wildman–Crippen MR) is 197 cm³/mol. The van der Waals surface area contributed by atoms with Crippen LogP contribution < -0.4 is 52.9 Å². The third kappa shape index (κ3) is 6.93. The molecule has 0 radical (unpaired) electrons. The maximum Gasteiger partial charge on any atom is 0.311 e. The molecule has 0 amide bonds. The molecule has 4 bridgehead atoms. The summed E-state index contributed by atoms with van der Waals surface area (Å²) >= 11 is 0. The molecule has 2 aromatic carbocycles. The number of carboxylic acids is 2. The lowest BCUT2D eigenvalue weighted by atomic mass is 9.38. The lowest BCUT2D eigenvalue weighted by Gasteiger charge is -2.64. The molecule has 4 saturated heterocycles. The summed E-state index contributed by atoms with van der Waals surface area (Å²) in [4.78, 5) is 50.8. The highest BCUT2D eigenvalue weighted by Crippen LogP contribution is 2.71. The number of piperidine rings is 2. The topological polar surface area (TPSA) is 146 Å². The highest BCUT2D eigenvalue weighted by Gasteiger charge is 2.76. The number of halogens is 2. The average molecular weight is 909 g/mol. The van der Waals surface area contributed by atoms with E-state index in [1.54, 1.807) is 26.4 Å². The number of nitrogens with zero attached hydrogens (tertiary/aromatic N) is 2. The van der Waals surface area contributed by atoms with E-state index in [0.29, 0.717) is 61.5 Å². The molecule has 4 heterocycles. The number of aliphatic carboxylic acids is 2. The van der Waals surface area contributed by atoms with Crippen molar-refractivity contribution in [2.24, 2.45) is 22.7 Å². The van der Waals surface area contributed by atoms with Crippen molar-refractivity contribution in [1.29, 1.82) is 0 Å². The predicted octanol–water partition coefficient (Wildman–Crippen LogP) is -0.0264. The molecule has 4 aliphatic heterocycles. The summed E-state index contributed by atoms with van der Waals surface area (Å²) in [6.07, 6.45) is 7.49. The lowest BCUT2D eigenvalue weighted by molar-refractivity contribution is -0.963. The van der Waals surface area contributed by atoms with Crippen LogP contribution in [-0.4, -0.2) is 95.5 Å². The lowest BCUT2D eigenvalue weighted by Crippen LogP contribution is -3.00. The van der Waals surface area contributed by atoms with Gasteiger partial charge in [0.25, 0.3) is 0 Å². The van der Waals surface area contributed by atoms with Crippen LogP contribution in [0, 0.1) is 22.7 Å². The second-order valence-electron chi connectivity index (χ2n) is 17.3. The van der Waals surface area contributed by atoms with Gasteiger partial charge in [0, 0.05) is 76.3 Å². The van der Waals surface area contributed by atoms with Crippen LogP contribution in [0.4, 0.5) is 0 Å². The molecule has 6 atom stereocenters. The summed E-state index contributed by atoms with van der Waals surface area (Å²) in [6.45, 7) is 4.17. The van der Waals surface area contributed by atoms with Crippen LogP contribution >= 0.6 is 0 Å². The van der Waals surface area contributed by atoms with Crippen LogP contribution in [0.25, 0.3) is 0 Å². The zero-order chi connectivity index (χ0) is 38.8. The second-order valence-corrected chi connectivity index (χ2v) is 17.3. The van der Waals surface area contributed by atoms with Crippen LogP contribution in [0.1, 0.15) is 89.2 Å². The van der Waals surface area contributed by atoms with Gasteiger partial charge in [-0.25, -0.2) is 0 Å². The first-order valence-electron chi connectivity index (χ1n) is 19.5. The number of carboxylic acid groups (broad SMARTS) is 2. The molecule has 5 fully saturated rings. The number of ether oxygens (including phenoxy) is 4. The van der Waals surface area contributed by atoms with E-state index >= 15 is 0 Å². The maximum atomic E-state index is 13.8. The largest absolute Gasteiger partial charge is 1.00 e. The highest BCUT2D eigenvalue weighted by molar-refractivity contribution is 5.89. The monoisotopic (exact) mass is 906 g/mol. The Morgan fingerprint density at radius 3 is 1.18 bits per heavy atom. The highest BCUT2D eigenvalue weighted by atomic mass is 79.9. The van der Waals surface area contributed by atoms with Crippen molar-refractivity contribution in [3.05, 3.63) is 47.5 Å². The molecule has 0 aromatic heterocycles. The Labute approximate surface area is 350 Å². The Hall–Kier alpha value is -3.20. The number of methoxy groups -OCH3 is 2. The first-order valence-corrected chi connectivity index (χ1v) is 19.5. The van der Waals surface area contributed by atoms with E-state index in [4.69, 9.17) is 18.9 Å². The van der Waals surface area contributed by atoms with E-state index in [0.717, 1.165) is 58.9 Å². The van der Waals surface area contributed by atoms with Gasteiger partial charge in [0.1, 0.15) is 13.1 Å². The van der Waals surface area contributed by atoms with Gasteiger partial charge in [0.05, 0.1) is 63.3 Å². The molecule has 2 aromatic rings. The summed E-state index contributed by atoms with van der Waals surface area (Å²) in [5.41, 5.74) is -0.501. The van der Waals surface area contributed by atoms with E-state index < -0.39 is 34.7 Å². The maximum absolute atomic E-state index is 13.8. The van der Waals surface area contributed by atoms with E-state index in [2.05, 4.69) is 14.1 Å². The zero-order valence-corrected chi connectivity index (χ0v) is 36.4. The number of fused-ring (bicyclic) bond motifs is 4. The van der Waals surface area contributed by atoms with E-state index in [1.807, 2.05) is 24.3 Å². The molecule has 2 N–H and O–H groups in total. The molecule has 14 heteroatoms. The van der Waals surface area contributed by atoms with Gasteiger partial charge in [0.2, 0.25) is 0 Å². The number of carbonyl (C=O) groups excluding carboxylic acids is 2. The van der Waals surface area contributed by atoms with Crippen molar-refractivity contribution in [1.82, 2.24) is 0 Å². The molecular formula is C42H56Br2N2O10. The Morgan fingerprint density at radius 2 is 0.929 bits per heavy atom. The van der Waals surface area contributed by atoms with Gasteiger partial charge < -0.3 is 72.1 Å². The van der Waals surface area contributed by atoms with E-state index in [9.17, 15) is 29.4 Å². The van der Waals surface area contributed by atoms with Gasteiger partial charge >= 0.3 is 23.9 Å². The Morgan fingerprint density at radius 1 is 0.607 bits per heavy atom. The number of hydrogen-bond donors (Lipinski definition) is 2. The van der Waals surface area contributed by atoms with Crippen molar-refractivity contribution in [2.75, 3.05) is 28.3 Å². The second kappa shape index (κ2) is 16.2. The van der Waals surface area contributed by atoms with Gasteiger partial charge in [-0.05, 0) is 61.1 Å². The van der Waals surface area contributed by atoms with Crippen molar-refractivity contribution in [2.45, 2.75) is 115 Å². The molecule has 7 rings (SSSR count). The Balaban J connectivity index is 0.00000300. The molecule has 0 spiro atoms. The minimum absolute atomic E-state index is 0. The third-order valence-corrected chi connectivity index (χ3v) is 15.1. The first kappa shape index (κ1) is 43.9. The molecule has 1 aliphatic carbocycles. The van der Waals surface area contributed by atoms with Crippen LogP contribution in [0.2, 0.25) is 0 Å². The van der Waals surface area contributed by atoms with Crippen LogP contribution in [-0.2, 0) is 32.3 Å². The number of quaternary nitrogens is 2. The normalized spacial score (nSPS) is 35.2. The molecule has 1 saturated carbocycles. The molecule has 5 aliphatic rings. The van der Waals surface area contributed by atoms with Gasteiger partial charge in [-0.3, -0.25) is 19.2 Å². The van der Waals surface area contributed by atoms with Crippen LogP contribution in [0.15, 0.2) is 36.4 Å². The fourth-order valence-electron chi connectivity index (χ4n) is 12.4. The van der Waals surface area contributed by atoms with Gasteiger partial charge in [-0.1, -0.05) is 0 Å². The smallest absolute Gasteiger partial charge is 0.311 e. The minimum Gasteiger partial charge on any atom is -1.00 e. The summed E-state index contributed by atoms with van der Waals surface area (Å²) in [5, 5.41) is 22.5. The Kier molecular flexibility index (Phi) is 12.7. The van der Waals surface area contributed by atoms with Crippen molar-refractivity contribution < 1.29 is 91.3 Å². The molecule has 56 heavy (non-hydrogen) atoms. The molecule has 12 nitrogen and oxygen atoms in total. The number of hydrogen-bond acceptors (Lipinski definition) is 8. The van der Waals surface area contributed by atoms with Crippen molar-refractivity contribution in [3.63, 3.8) is 0 Å². The fourth-order valence-corrected chi connectivity index (χ4v) is 12.4. The Bertz CT molecular complexity index is 1700. The van der Waals surface area contributed by atoms with Crippen molar-refractivity contribution >= 4 is 23.9 Å². The van der Waals surface area contributed by atoms with Gasteiger partial charge in [-0.15, -0.1) is 0 Å². The van der Waals surface area contributed by atoms with Gasteiger partial charge in [0.15, 0.2) is 23.0 Å². The summed E-state index contributed by atoms with van der Waals surface area (Å²) in [7, 11) is 7.64. The van der Waals surface area contributed by atoms with E-state index in [-0.39, 0.29) is 70.0 Å². The number of rotatable bonds is 12. The van der Waals surface area contributed by atoms with E-state index in [1.165, 1.54) is 13.8 Å². The quantitative estimate of drug-likeness (QED) is 0.170. The number of esters is 2. The average Bonchev–Trinajstić information content (AvgIpc) is 3.33. The number of carbonyl (C=O) groups is 4. The van der Waals surface area contributed by atoms with Crippen LogP contribution in [0.3, 0.4) is 0 Å². The standard InChI is InChI=1S/C42H54N2O10.2BrH/c1-25(45)53-35-13-7-27(17-37(35)51-5)23-43(3)31-9-10-32(43)20-29(19-31)41(39(47)48)15-16-42(41,40(49)50)30-21-33-11-12-34(22-30)44(33,4)24-28-8-14-36(54-26(2)46)38(18-28)52-6;;/h7-8,13-14,17-18,29-34H,9-12,15-16,19-24H2,1-6H3;2*1H. The molecular weight excluding hydrogens is 852 g/mol. The fraction of sp³-hybridized carbons (Fsp3) is 0.619. The third-order valence-electron chi connectivity index (χ3n) is 15.1. The minimum atomic E-state index is -1.30. The molecule has 6 unspecified atom stereocenters. The molecule has 308 valence electrons. The SMILES string of the molecule is COc1cc(C[N+]2(C)C3CCC2CC(C2(C(=O)O)CCC2(C(=O)O)C2CC4CCC(C2)[N+]4(C)Cc2ccc(OC(C)=O)c(OC)c2)C3)ccc1OC(C)=O.[Br-].[Br-]. The summed E-state index contributed by atoms with van der Waals surface area (Å²) < 4.78 is 23.3. The van der Waals surface area contributed by atoms with Gasteiger partial charge in [-0.2, -0.15) is 0 Å². The van der Waals surface area contributed by atoms with Crippen molar-refractivity contribution in [3.8, 4) is 23.0 Å². The number of benzene rings is 2. The summed E-state index contributed by atoms with van der Waals surface area (Å²) in [6, 6.07) is 12.2. The zero-order valence-electron chi connectivity index (χ0n) is 33.2. The first-order chi connectivity index (χ1) is 25.6. The summed E-state index contributed by atoms with van der Waals surface area (Å²) in [5.74, 6) is -1.38. The van der Waals surface area contributed by atoms with Crippen LogP contribution in [0.5, 0.6) is 23.0 Å².